The number of aliphatic hydroxyl groups excluding tert-OH is 1. The molecular formula is C14H27NO. The van der Waals surface area contributed by atoms with Crippen LogP contribution < -0.4 is 0 Å². The van der Waals surface area contributed by atoms with Gasteiger partial charge in [-0.3, -0.25) is 0 Å². The first kappa shape index (κ1) is 12.4. The third-order valence-corrected chi connectivity index (χ3v) is 4.53. The molecule has 1 saturated heterocycles. The second-order valence-electron chi connectivity index (χ2n) is 6.64. The van der Waals surface area contributed by atoms with Gasteiger partial charge in [-0.15, -0.1) is 0 Å². The van der Waals surface area contributed by atoms with Crippen molar-refractivity contribution in [2.24, 2.45) is 11.3 Å². The Morgan fingerprint density at radius 1 is 1.06 bits per heavy atom. The summed E-state index contributed by atoms with van der Waals surface area (Å²) in [6.07, 6.45) is 7.55. The summed E-state index contributed by atoms with van der Waals surface area (Å²) in [4.78, 5) is 2.57. The van der Waals surface area contributed by atoms with Crippen LogP contribution in [0.1, 0.15) is 52.4 Å². The number of likely N-dealkylation sites (tertiary alicyclic amines) is 1. The van der Waals surface area contributed by atoms with Crippen molar-refractivity contribution in [3.8, 4) is 0 Å². The quantitative estimate of drug-likeness (QED) is 0.781. The maximum absolute atomic E-state index is 9.47. The molecule has 0 spiro atoms. The largest absolute Gasteiger partial charge is 0.393 e. The Hall–Kier alpha value is -0.0800. The average Bonchev–Trinajstić information content (AvgIpc) is 2.24. The Morgan fingerprint density at radius 2 is 1.62 bits per heavy atom. The Balaban J connectivity index is 1.71. The highest BCUT2D eigenvalue weighted by atomic mass is 16.3. The second kappa shape index (κ2) is 5.05. The van der Waals surface area contributed by atoms with Gasteiger partial charge in [0.25, 0.3) is 0 Å². The molecule has 94 valence electrons. The van der Waals surface area contributed by atoms with Gasteiger partial charge in [-0.05, 0) is 49.9 Å². The van der Waals surface area contributed by atoms with E-state index < -0.39 is 0 Å². The van der Waals surface area contributed by atoms with Gasteiger partial charge in [0.1, 0.15) is 0 Å². The zero-order valence-corrected chi connectivity index (χ0v) is 10.9. The third kappa shape index (κ3) is 3.46. The van der Waals surface area contributed by atoms with E-state index in [1.54, 1.807) is 0 Å². The lowest BCUT2D eigenvalue weighted by Gasteiger charge is -2.38. The van der Waals surface area contributed by atoms with Gasteiger partial charge in [0, 0.05) is 19.6 Å². The summed E-state index contributed by atoms with van der Waals surface area (Å²) in [5.41, 5.74) is 0.592. The van der Waals surface area contributed by atoms with Gasteiger partial charge < -0.3 is 10.0 Å². The van der Waals surface area contributed by atoms with Crippen molar-refractivity contribution in [1.82, 2.24) is 4.90 Å². The molecule has 1 aliphatic heterocycles. The minimum Gasteiger partial charge on any atom is -0.393 e. The molecule has 0 aromatic rings. The number of hydrogen-bond donors (Lipinski definition) is 1. The highest BCUT2D eigenvalue weighted by molar-refractivity contribution is 4.81. The fourth-order valence-electron chi connectivity index (χ4n) is 3.11. The van der Waals surface area contributed by atoms with Crippen molar-refractivity contribution in [2.45, 2.75) is 58.5 Å². The van der Waals surface area contributed by atoms with Crippen LogP contribution in [0.15, 0.2) is 0 Å². The van der Waals surface area contributed by atoms with Gasteiger partial charge in [-0.2, -0.15) is 0 Å². The lowest BCUT2D eigenvalue weighted by Crippen LogP contribution is -2.39. The predicted molar refractivity (Wildman–Crippen MR) is 67.4 cm³/mol. The van der Waals surface area contributed by atoms with E-state index in [9.17, 15) is 5.11 Å². The zero-order chi connectivity index (χ0) is 11.6. The molecule has 1 N–H and O–H groups in total. The van der Waals surface area contributed by atoms with Gasteiger partial charge >= 0.3 is 0 Å². The molecule has 2 fully saturated rings. The maximum Gasteiger partial charge on any atom is 0.0564 e. The summed E-state index contributed by atoms with van der Waals surface area (Å²) in [7, 11) is 0. The van der Waals surface area contributed by atoms with Crippen LogP contribution in [0.3, 0.4) is 0 Å². The summed E-state index contributed by atoms with van der Waals surface area (Å²) in [6, 6.07) is 0. The number of aliphatic hydroxyl groups is 1. The van der Waals surface area contributed by atoms with E-state index in [1.165, 1.54) is 32.2 Å². The molecule has 2 heteroatoms. The molecule has 2 nitrogen and oxygen atoms in total. The lowest BCUT2D eigenvalue weighted by molar-refractivity contribution is 0.0646. The summed E-state index contributed by atoms with van der Waals surface area (Å²) in [5, 5.41) is 9.47. The van der Waals surface area contributed by atoms with Crippen LogP contribution in [0, 0.1) is 11.3 Å². The van der Waals surface area contributed by atoms with Crippen molar-refractivity contribution < 1.29 is 5.11 Å². The summed E-state index contributed by atoms with van der Waals surface area (Å²) < 4.78 is 0. The van der Waals surface area contributed by atoms with Gasteiger partial charge in [-0.25, -0.2) is 0 Å². The van der Waals surface area contributed by atoms with Crippen LogP contribution in [0.25, 0.3) is 0 Å². The molecule has 0 aromatic carbocycles. The normalized spacial score (nSPS) is 29.4. The van der Waals surface area contributed by atoms with Crippen LogP contribution in [0.5, 0.6) is 0 Å². The summed E-state index contributed by atoms with van der Waals surface area (Å²) in [5.74, 6) is 0.920. The van der Waals surface area contributed by atoms with Gasteiger partial charge in [0.05, 0.1) is 6.10 Å². The van der Waals surface area contributed by atoms with E-state index in [0.29, 0.717) is 5.41 Å². The van der Waals surface area contributed by atoms with E-state index in [1.807, 2.05) is 0 Å². The van der Waals surface area contributed by atoms with Crippen molar-refractivity contribution in [1.29, 1.82) is 0 Å². The fraction of sp³-hybridized carbons (Fsp3) is 1.00. The van der Waals surface area contributed by atoms with Crippen molar-refractivity contribution >= 4 is 0 Å². The van der Waals surface area contributed by atoms with Crippen molar-refractivity contribution in [2.75, 3.05) is 19.6 Å². The first-order valence-corrected chi connectivity index (χ1v) is 6.96. The standard InChI is InChI=1S/C14H27NO/c1-14(2)7-3-12(4-8-14)11-15-9-5-13(16)6-10-15/h12-13,16H,3-11H2,1-2H3. The fourth-order valence-corrected chi connectivity index (χ4v) is 3.11. The molecule has 0 radical (unpaired) electrons. The number of nitrogens with zero attached hydrogens (tertiary/aromatic N) is 1. The smallest absolute Gasteiger partial charge is 0.0564 e. The SMILES string of the molecule is CC1(C)CCC(CN2CCC(O)CC2)CC1. The Bertz CT molecular complexity index is 209. The summed E-state index contributed by atoms with van der Waals surface area (Å²) >= 11 is 0. The Kier molecular flexibility index (Phi) is 3.91. The molecule has 0 amide bonds. The van der Waals surface area contributed by atoms with Gasteiger partial charge in [0.2, 0.25) is 0 Å². The summed E-state index contributed by atoms with van der Waals surface area (Å²) in [6.45, 7) is 8.31. The molecule has 2 rings (SSSR count). The second-order valence-corrected chi connectivity index (χ2v) is 6.64. The van der Waals surface area contributed by atoms with E-state index in [4.69, 9.17) is 0 Å². The average molecular weight is 225 g/mol. The van der Waals surface area contributed by atoms with E-state index >= 15 is 0 Å². The number of piperidine rings is 1. The Labute approximate surface area is 100 Å². The molecule has 0 aromatic heterocycles. The molecule has 1 saturated carbocycles. The molecule has 0 bridgehead atoms. The lowest BCUT2D eigenvalue weighted by atomic mass is 9.73. The first-order valence-electron chi connectivity index (χ1n) is 6.96. The van der Waals surface area contributed by atoms with Crippen LogP contribution in [0.4, 0.5) is 0 Å². The molecule has 2 aliphatic rings. The van der Waals surface area contributed by atoms with Crippen molar-refractivity contribution in [3.63, 3.8) is 0 Å². The van der Waals surface area contributed by atoms with Crippen molar-refractivity contribution in [3.05, 3.63) is 0 Å². The van der Waals surface area contributed by atoms with E-state index in [-0.39, 0.29) is 6.10 Å². The van der Waals surface area contributed by atoms with E-state index in [0.717, 1.165) is 31.8 Å². The van der Waals surface area contributed by atoms with Gasteiger partial charge in [0.15, 0.2) is 0 Å². The van der Waals surface area contributed by atoms with Crippen LogP contribution in [0.2, 0.25) is 0 Å². The molecular weight excluding hydrogens is 198 g/mol. The molecule has 0 unspecified atom stereocenters. The maximum atomic E-state index is 9.47. The monoisotopic (exact) mass is 225 g/mol. The molecule has 0 atom stereocenters. The van der Waals surface area contributed by atoms with E-state index in [2.05, 4.69) is 18.7 Å². The third-order valence-electron chi connectivity index (χ3n) is 4.53. The highest BCUT2D eigenvalue weighted by Gasteiger charge is 2.28. The minimum atomic E-state index is -0.0264. The first-order chi connectivity index (χ1) is 7.55. The zero-order valence-electron chi connectivity index (χ0n) is 10.9. The van der Waals surface area contributed by atoms with Crippen LogP contribution in [-0.4, -0.2) is 35.7 Å². The van der Waals surface area contributed by atoms with Crippen LogP contribution >= 0.6 is 0 Å². The number of hydrogen-bond acceptors (Lipinski definition) is 2. The van der Waals surface area contributed by atoms with Gasteiger partial charge in [-0.1, -0.05) is 13.8 Å². The van der Waals surface area contributed by atoms with Crippen LogP contribution in [-0.2, 0) is 0 Å². The number of rotatable bonds is 2. The topological polar surface area (TPSA) is 23.5 Å². The molecule has 16 heavy (non-hydrogen) atoms. The molecule has 1 aliphatic carbocycles. The highest BCUT2D eigenvalue weighted by Crippen LogP contribution is 2.38. The predicted octanol–water partition coefficient (Wildman–Crippen LogP) is 2.66. The Morgan fingerprint density at radius 3 is 2.19 bits per heavy atom. The minimum absolute atomic E-state index is 0.0264. The molecule has 1 heterocycles.